The summed E-state index contributed by atoms with van der Waals surface area (Å²) in [6.07, 6.45) is 2.79. The number of rotatable bonds is 8. The lowest BCUT2D eigenvalue weighted by atomic mass is 10.1. The molecule has 2 rings (SSSR count). The smallest absolute Gasteiger partial charge is 0.387 e. The second-order valence-electron chi connectivity index (χ2n) is 5.22. The van der Waals surface area contributed by atoms with Crippen molar-refractivity contribution in [2.24, 2.45) is 0 Å². The van der Waals surface area contributed by atoms with E-state index in [0.717, 1.165) is 0 Å². The maximum absolute atomic E-state index is 12.4. The number of hydrogen-bond acceptors (Lipinski definition) is 6. The Morgan fingerprint density at radius 1 is 0.963 bits per heavy atom. The van der Waals surface area contributed by atoms with Crippen LogP contribution >= 0.6 is 0 Å². The summed E-state index contributed by atoms with van der Waals surface area (Å²) in [4.78, 5) is 12.4. The van der Waals surface area contributed by atoms with Crippen LogP contribution in [0.4, 0.5) is 8.78 Å². The normalized spacial score (nSPS) is 10.9. The predicted molar refractivity (Wildman–Crippen MR) is 94.2 cm³/mol. The van der Waals surface area contributed by atoms with Crippen molar-refractivity contribution >= 4 is 11.9 Å². The van der Waals surface area contributed by atoms with Gasteiger partial charge in [-0.1, -0.05) is 6.08 Å². The van der Waals surface area contributed by atoms with Crippen molar-refractivity contribution < 1.29 is 37.6 Å². The molecule has 2 aromatic rings. The summed E-state index contributed by atoms with van der Waals surface area (Å²) in [5.41, 5.74) is 0.780. The summed E-state index contributed by atoms with van der Waals surface area (Å²) in [6, 6.07) is 6.95. The van der Waals surface area contributed by atoms with E-state index in [4.69, 9.17) is 14.2 Å². The number of benzene rings is 2. The van der Waals surface area contributed by atoms with E-state index in [-0.39, 0.29) is 40.1 Å². The van der Waals surface area contributed by atoms with Crippen LogP contribution in [0.1, 0.15) is 15.9 Å². The minimum atomic E-state index is -3.00. The number of allylic oxidation sites excluding steroid dienone is 1. The molecule has 0 saturated heterocycles. The fourth-order valence-corrected chi connectivity index (χ4v) is 2.29. The minimum absolute atomic E-state index is 0.0162. The van der Waals surface area contributed by atoms with Crippen LogP contribution in [0.15, 0.2) is 36.4 Å². The van der Waals surface area contributed by atoms with Gasteiger partial charge < -0.3 is 24.1 Å². The highest BCUT2D eigenvalue weighted by atomic mass is 19.3. The Hall–Kier alpha value is -3.29. The zero-order valence-electron chi connectivity index (χ0n) is 14.9. The molecule has 1 N–H and O–H groups in total. The molecule has 2 aromatic carbocycles. The molecule has 0 aliphatic heterocycles. The maximum Gasteiger partial charge on any atom is 0.387 e. The molecule has 0 bridgehead atoms. The third-order valence-electron chi connectivity index (χ3n) is 3.59. The lowest BCUT2D eigenvalue weighted by Crippen LogP contribution is -2.04. The lowest BCUT2D eigenvalue weighted by molar-refractivity contribution is -0.0512. The fraction of sp³-hybridized carbons (Fsp3) is 0.211. The molecule has 144 valence electrons. The van der Waals surface area contributed by atoms with E-state index in [1.54, 1.807) is 0 Å². The van der Waals surface area contributed by atoms with E-state index in [2.05, 4.69) is 4.74 Å². The van der Waals surface area contributed by atoms with Crippen LogP contribution < -0.4 is 18.9 Å². The van der Waals surface area contributed by atoms with Gasteiger partial charge in [0, 0.05) is 5.56 Å². The van der Waals surface area contributed by atoms with Gasteiger partial charge in [-0.15, -0.1) is 0 Å². The van der Waals surface area contributed by atoms with E-state index in [9.17, 15) is 18.7 Å². The van der Waals surface area contributed by atoms with E-state index >= 15 is 0 Å². The topological polar surface area (TPSA) is 74.2 Å². The van der Waals surface area contributed by atoms with E-state index < -0.39 is 6.61 Å². The molecule has 0 aliphatic carbocycles. The average Bonchev–Trinajstić information content (AvgIpc) is 2.66. The Morgan fingerprint density at radius 2 is 1.56 bits per heavy atom. The number of methoxy groups -OCH3 is 3. The number of hydrogen-bond donors (Lipinski definition) is 1. The van der Waals surface area contributed by atoms with Crippen LogP contribution in [0.5, 0.6) is 28.7 Å². The highest BCUT2D eigenvalue weighted by Crippen LogP contribution is 2.37. The summed E-state index contributed by atoms with van der Waals surface area (Å²) >= 11 is 0. The Kier molecular flexibility index (Phi) is 6.59. The lowest BCUT2D eigenvalue weighted by Gasteiger charge is -2.10. The molecular weight excluding hydrogens is 362 g/mol. The number of phenolic OH excluding ortho intramolecular Hbond substituents is 1. The largest absolute Gasteiger partial charge is 0.502 e. The highest BCUT2D eigenvalue weighted by Gasteiger charge is 2.14. The fourth-order valence-electron chi connectivity index (χ4n) is 2.29. The summed E-state index contributed by atoms with van der Waals surface area (Å²) < 4.78 is 44.1. The second kappa shape index (κ2) is 8.88. The van der Waals surface area contributed by atoms with Gasteiger partial charge in [0.05, 0.1) is 21.3 Å². The van der Waals surface area contributed by atoms with Gasteiger partial charge in [-0.25, -0.2) is 0 Å². The zero-order valence-corrected chi connectivity index (χ0v) is 14.9. The van der Waals surface area contributed by atoms with Crippen LogP contribution in [0.2, 0.25) is 0 Å². The summed E-state index contributed by atoms with van der Waals surface area (Å²) in [7, 11) is 4.07. The first kappa shape index (κ1) is 20.0. The number of phenols is 1. The summed E-state index contributed by atoms with van der Waals surface area (Å²) in [6.45, 7) is -3.00. The molecule has 0 aliphatic rings. The molecular formula is C19H18F2O6. The van der Waals surface area contributed by atoms with Crippen molar-refractivity contribution in [1.29, 1.82) is 0 Å². The SMILES string of the molecule is COc1cc(C(=O)C=Cc2cc(OC)c(O)c(OC)c2)ccc1OC(F)F. The molecule has 0 spiro atoms. The predicted octanol–water partition coefficient (Wildman–Crippen LogP) is 3.92. The molecule has 8 heteroatoms. The van der Waals surface area contributed by atoms with Gasteiger partial charge >= 0.3 is 6.61 Å². The van der Waals surface area contributed by atoms with Gasteiger partial charge in [0.15, 0.2) is 28.8 Å². The second-order valence-corrected chi connectivity index (χ2v) is 5.22. The van der Waals surface area contributed by atoms with Crippen LogP contribution in [0, 0.1) is 0 Å². The molecule has 0 heterocycles. The van der Waals surface area contributed by atoms with Crippen molar-refractivity contribution in [2.75, 3.05) is 21.3 Å². The molecule has 0 radical (unpaired) electrons. The van der Waals surface area contributed by atoms with Gasteiger partial charge in [0.2, 0.25) is 5.75 Å². The van der Waals surface area contributed by atoms with Crippen molar-refractivity contribution in [2.45, 2.75) is 6.61 Å². The Bertz CT molecular complexity index is 823. The molecule has 27 heavy (non-hydrogen) atoms. The maximum atomic E-state index is 12.4. The van der Waals surface area contributed by atoms with Gasteiger partial charge in [0.25, 0.3) is 0 Å². The third kappa shape index (κ3) is 4.87. The highest BCUT2D eigenvalue weighted by molar-refractivity contribution is 6.07. The van der Waals surface area contributed by atoms with Gasteiger partial charge in [-0.2, -0.15) is 8.78 Å². The number of alkyl halides is 2. The monoisotopic (exact) mass is 380 g/mol. The van der Waals surface area contributed by atoms with Gasteiger partial charge in [-0.05, 0) is 42.0 Å². The van der Waals surface area contributed by atoms with Crippen molar-refractivity contribution in [3.05, 3.63) is 47.5 Å². The number of ketones is 1. The molecule has 0 saturated carbocycles. The van der Waals surface area contributed by atoms with Crippen LogP contribution in [0.3, 0.4) is 0 Å². The summed E-state index contributed by atoms with van der Waals surface area (Å²) in [5, 5.41) is 9.89. The first-order valence-electron chi connectivity index (χ1n) is 7.69. The first-order valence-corrected chi connectivity index (χ1v) is 7.69. The number of carbonyl (C=O) groups is 1. The van der Waals surface area contributed by atoms with Gasteiger partial charge in [-0.3, -0.25) is 4.79 Å². The average molecular weight is 380 g/mol. The Morgan fingerprint density at radius 3 is 2.07 bits per heavy atom. The molecule has 0 fully saturated rings. The number of carbonyl (C=O) groups excluding carboxylic acids is 1. The summed E-state index contributed by atoms with van der Waals surface area (Å²) in [5.74, 6) is -0.303. The Balaban J connectivity index is 2.26. The number of aromatic hydroxyl groups is 1. The van der Waals surface area contributed by atoms with Crippen LogP contribution in [-0.4, -0.2) is 38.8 Å². The first-order chi connectivity index (χ1) is 12.9. The molecule has 0 aromatic heterocycles. The van der Waals surface area contributed by atoms with E-state index in [1.165, 1.54) is 63.8 Å². The Labute approximate surface area is 154 Å². The third-order valence-corrected chi connectivity index (χ3v) is 3.59. The van der Waals surface area contributed by atoms with E-state index in [0.29, 0.717) is 5.56 Å². The van der Waals surface area contributed by atoms with E-state index in [1.807, 2.05) is 0 Å². The molecule has 0 atom stereocenters. The van der Waals surface area contributed by atoms with Crippen molar-refractivity contribution in [3.8, 4) is 28.7 Å². The standard InChI is InChI=1S/C19H18F2O6/c1-24-15-10-12(5-7-14(15)27-19(20)21)13(22)6-4-11-8-16(25-2)18(23)17(9-11)26-3/h4-10,19,23H,1-3H3. The number of halogens is 2. The van der Waals surface area contributed by atoms with Crippen molar-refractivity contribution in [1.82, 2.24) is 0 Å². The molecule has 6 nitrogen and oxygen atoms in total. The molecule has 0 unspecified atom stereocenters. The molecule has 0 amide bonds. The minimum Gasteiger partial charge on any atom is -0.502 e. The van der Waals surface area contributed by atoms with Gasteiger partial charge in [0.1, 0.15) is 0 Å². The zero-order chi connectivity index (χ0) is 20.0. The van der Waals surface area contributed by atoms with Crippen molar-refractivity contribution in [3.63, 3.8) is 0 Å². The van der Waals surface area contributed by atoms with Crippen LogP contribution in [-0.2, 0) is 0 Å². The quantitative estimate of drug-likeness (QED) is 0.553. The van der Waals surface area contributed by atoms with Crippen LogP contribution in [0.25, 0.3) is 6.08 Å². The number of ether oxygens (including phenoxy) is 4.